The molecule has 0 atom stereocenters. The number of aliphatic carboxylic acids is 2. The van der Waals surface area contributed by atoms with Crippen LogP contribution in [0.4, 0.5) is 0 Å². The molecule has 14 heavy (non-hydrogen) atoms. The van der Waals surface area contributed by atoms with Crippen LogP contribution in [-0.2, 0) is 9.59 Å². The van der Waals surface area contributed by atoms with Gasteiger partial charge in [-0.2, -0.15) is 0 Å². The zero-order valence-electron chi connectivity index (χ0n) is 7.47. The third kappa shape index (κ3) is 7.99. The first-order valence-electron chi connectivity index (χ1n) is 3.61. The Kier molecular flexibility index (Phi) is 5.44. The number of hydrogen-bond donors (Lipinski definition) is 3. The molecule has 0 saturated heterocycles. The normalized spacial score (nSPS) is 9.21. The first kappa shape index (κ1) is 11.9. The van der Waals surface area contributed by atoms with Gasteiger partial charge in [0.1, 0.15) is 0 Å². The van der Waals surface area contributed by atoms with E-state index in [1.165, 1.54) is 0 Å². The molecule has 0 aliphatic heterocycles. The SMILES string of the molecule is Cc1cnc[nH]1.O=C(O)/C=C/C(=O)O. The number of carbonyl (C=O) groups is 2. The number of carboxylic acid groups (broad SMARTS) is 2. The van der Waals surface area contributed by atoms with Crippen LogP contribution in [0.15, 0.2) is 24.7 Å². The molecule has 0 spiro atoms. The highest BCUT2D eigenvalue weighted by atomic mass is 16.4. The minimum absolute atomic E-state index is 0.558. The quantitative estimate of drug-likeness (QED) is 0.598. The van der Waals surface area contributed by atoms with Crippen LogP contribution in [0.1, 0.15) is 5.69 Å². The maximum atomic E-state index is 9.55. The predicted molar refractivity (Wildman–Crippen MR) is 47.7 cm³/mol. The van der Waals surface area contributed by atoms with Gasteiger partial charge in [0, 0.05) is 24.0 Å². The zero-order chi connectivity index (χ0) is 11.0. The van der Waals surface area contributed by atoms with Gasteiger partial charge in [0.05, 0.1) is 6.33 Å². The maximum absolute atomic E-state index is 9.55. The van der Waals surface area contributed by atoms with E-state index in [0.717, 1.165) is 5.69 Å². The number of imidazole rings is 1. The number of H-pyrrole nitrogens is 1. The molecular weight excluding hydrogens is 188 g/mol. The van der Waals surface area contributed by atoms with E-state index in [2.05, 4.69) is 9.97 Å². The molecule has 0 aliphatic carbocycles. The van der Waals surface area contributed by atoms with Crippen molar-refractivity contribution in [2.75, 3.05) is 0 Å². The van der Waals surface area contributed by atoms with Gasteiger partial charge in [-0.15, -0.1) is 0 Å². The number of hydrogen-bond acceptors (Lipinski definition) is 3. The zero-order valence-corrected chi connectivity index (χ0v) is 7.47. The summed E-state index contributed by atoms with van der Waals surface area (Å²) < 4.78 is 0. The van der Waals surface area contributed by atoms with Crippen molar-refractivity contribution in [3.63, 3.8) is 0 Å². The summed E-state index contributed by atoms with van der Waals surface area (Å²) in [5, 5.41) is 15.6. The van der Waals surface area contributed by atoms with Crippen molar-refractivity contribution in [1.82, 2.24) is 9.97 Å². The van der Waals surface area contributed by atoms with E-state index in [1.54, 1.807) is 12.5 Å². The van der Waals surface area contributed by atoms with Crippen molar-refractivity contribution in [3.05, 3.63) is 30.4 Å². The van der Waals surface area contributed by atoms with E-state index in [1.807, 2.05) is 6.92 Å². The summed E-state index contributed by atoms with van der Waals surface area (Å²) in [6, 6.07) is 0. The molecule has 1 rings (SSSR count). The molecule has 0 saturated carbocycles. The standard InChI is InChI=1S/C4H6N2.C4H4O4/c1-4-2-5-3-6-4;5-3(6)1-2-4(7)8/h2-3H,1H3,(H,5,6);1-2H,(H,5,6)(H,7,8)/b;2-1+. The van der Waals surface area contributed by atoms with Gasteiger partial charge in [-0.05, 0) is 6.92 Å². The molecule has 0 aromatic carbocycles. The van der Waals surface area contributed by atoms with Crippen molar-refractivity contribution in [2.45, 2.75) is 6.92 Å². The van der Waals surface area contributed by atoms with E-state index >= 15 is 0 Å². The largest absolute Gasteiger partial charge is 0.478 e. The van der Waals surface area contributed by atoms with Crippen LogP contribution in [0.3, 0.4) is 0 Å². The number of aryl methyl sites for hydroxylation is 1. The monoisotopic (exact) mass is 198 g/mol. The average molecular weight is 198 g/mol. The molecule has 76 valence electrons. The van der Waals surface area contributed by atoms with Crippen LogP contribution in [0.2, 0.25) is 0 Å². The number of nitrogens with one attached hydrogen (secondary N) is 1. The van der Waals surface area contributed by atoms with E-state index in [9.17, 15) is 9.59 Å². The number of aromatic nitrogens is 2. The number of carboxylic acids is 2. The topological polar surface area (TPSA) is 103 Å². The fourth-order valence-corrected chi connectivity index (χ4v) is 0.468. The lowest BCUT2D eigenvalue weighted by molar-refractivity contribution is -0.134. The molecule has 6 heteroatoms. The Morgan fingerprint density at radius 1 is 1.36 bits per heavy atom. The van der Waals surface area contributed by atoms with Crippen molar-refractivity contribution in [1.29, 1.82) is 0 Å². The highest BCUT2D eigenvalue weighted by Crippen LogP contribution is 1.81. The number of rotatable bonds is 2. The molecule has 0 fully saturated rings. The number of aromatic amines is 1. The van der Waals surface area contributed by atoms with Crippen LogP contribution in [-0.4, -0.2) is 32.1 Å². The Labute approximate surface area is 79.9 Å². The highest BCUT2D eigenvalue weighted by Gasteiger charge is 1.88. The highest BCUT2D eigenvalue weighted by molar-refractivity contribution is 5.89. The second-order valence-corrected chi connectivity index (χ2v) is 2.24. The third-order valence-electron chi connectivity index (χ3n) is 1.00. The molecule has 1 aromatic heterocycles. The van der Waals surface area contributed by atoms with E-state index in [-0.39, 0.29) is 0 Å². The summed E-state index contributed by atoms with van der Waals surface area (Å²) in [4.78, 5) is 25.8. The van der Waals surface area contributed by atoms with Crippen LogP contribution >= 0.6 is 0 Å². The molecule has 0 aliphatic rings. The van der Waals surface area contributed by atoms with Gasteiger partial charge in [-0.3, -0.25) is 0 Å². The molecular formula is C8H10N2O4. The molecule has 0 amide bonds. The second kappa shape index (κ2) is 6.41. The molecule has 0 radical (unpaired) electrons. The summed E-state index contributed by atoms with van der Waals surface area (Å²) in [6.07, 6.45) is 4.56. The van der Waals surface area contributed by atoms with Crippen LogP contribution in [0.25, 0.3) is 0 Å². The summed E-state index contributed by atoms with van der Waals surface area (Å²) in [5.74, 6) is -2.51. The summed E-state index contributed by atoms with van der Waals surface area (Å²) in [5.41, 5.74) is 1.11. The molecule has 0 bridgehead atoms. The van der Waals surface area contributed by atoms with Gasteiger partial charge in [0.2, 0.25) is 0 Å². The minimum Gasteiger partial charge on any atom is -0.478 e. The first-order chi connectivity index (χ1) is 6.52. The van der Waals surface area contributed by atoms with Crippen LogP contribution in [0, 0.1) is 6.92 Å². The predicted octanol–water partition coefficient (Wildman–Crippen LogP) is 0.430. The van der Waals surface area contributed by atoms with E-state index in [4.69, 9.17) is 10.2 Å². The Balaban J connectivity index is 0.000000249. The Hall–Kier alpha value is -2.11. The summed E-state index contributed by atoms with van der Waals surface area (Å²) >= 11 is 0. The summed E-state index contributed by atoms with van der Waals surface area (Å²) in [6.45, 7) is 1.97. The molecule has 1 aromatic rings. The Bertz CT molecular complexity index is 300. The molecule has 3 N–H and O–H groups in total. The smallest absolute Gasteiger partial charge is 0.328 e. The molecule has 1 heterocycles. The minimum atomic E-state index is -1.26. The van der Waals surface area contributed by atoms with Crippen molar-refractivity contribution in [3.8, 4) is 0 Å². The Morgan fingerprint density at radius 3 is 2.00 bits per heavy atom. The van der Waals surface area contributed by atoms with Gasteiger partial charge < -0.3 is 15.2 Å². The van der Waals surface area contributed by atoms with E-state index in [0.29, 0.717) is 12.2 Å². The van der Waals surface area contributed by atoms with Crippen molar-refractivity contribution >= 4 is 11.9 Å². The van der Waals surface area contributed by atoms with Crippen LogP contribution in [0.5, 0.6) is 0 Å². The van der Waals surface area contributed by atoms with Crippen molar-refractivity contribution < 1.29 is 19.8 Å². The summed E-state index contributed by atoms with van der Waals surface area (Å²) in [7, 11) is 0. The third-order valence-corrected chi connectivity index (χ3v) is 1.00. The van der Waals surface area contributed by atoms with Gasteiger partial charge in [-0.1, -0.05) is 0 Å². The lowest BCUT2D eigenvalue weighted by atomic mass is 10.5. The maximum Gasteiger partial charge on any atom is 0.328 e. The van der Waals surface area contributed by atoms with Gasteiger partial charge in [-0.25, -0.2) is 14.6 Å². The van der Waals surface area contributed by atoms with Crippen LogP contribution < -0.4 is 0 Å². The average Bonchev–Trinajstić information content (AvgIpc) is 2.53. The molecule has 6 nitrogen and oxygen atoms in total. The molecule has 0 unspecified atom stereocenters. The first-order valence-corrected chi connectivity index (χ1v) is 3.61. The lowest BCUT2D eigenvalue weighted by Crippen LogP contribution is -1.91. The van der Waals surface area contributed by atoms with Gasteiger partial charge in [0.15, 0.2) is 0 Å². The fraction of sp³-hybridized carbons (Fsp3) is 0.125. The second-order valence-electron chi connectivity index (χ2n) is 2.24. The Morgan fingerprint density at radius 2 is 1.86 bits per heavy atom. The lowest BCUT2D eigenvalue weighted by Gasteiger charge is -1.74. The van der Waals surface area contributed by atoms with Gasteiger partial charge in [0.25, 0.3) is 0 Å². The fourth-order valence-electron chi connectivity index (χ4n) is 0.468. The van der Waals surface area contributed by atoms with E-state index < -0.39 is 11.9 Å². The van der Waals surface area contributed by atoms with Crippen molar-refractivity contribution in [2.24, 2.45) is 0 Å². The number of nitrogens with zero attached hydrogens (tertiary/aromatic N) is 1. The van der Waals surface area contributed by atoms with Gasteiger partial charge >= 0.3 is 11.9 Å².